The molecule has 2 atom stereocenters. The fourth-order valence-corrected chi connectivity index (χ4v) is 2.63. The molecule has 3 amide bonds. The summed E-state index contributed by atoms with van der Waals surface area (Å²) in [5, 5.41) is 14.1. The summed E-state index contributed by atoms with van der Waals surface area (Å²) >= 11 is 0. The largest absolute Gasteiger partial charge is 0.467 e. The molecule has 0 saturated carbocycles. The van der Waals surface area contributed by atoms with Crippen LogP contribution in [-0.4, -0.2) is 56.6 Å². The smallest absolute Gasteiger partial charge is 0.345 e. The van der Waals surface area contributed by atoms with Crippen LogP contribution in [0.5, 0.6) is 0 Å². The van der Waals surface area contributed by atoms with Crippen LogP contribution >= 0.6 is 0 Å². The van der Waals surface area contributed by atoms with Crippen molar-refractivity contribution in [3.05, 3.63) is 17.5 Å². The molecule has 2 aliphatic rings. The number of hydroxylamine groups is 2. The number of nitrogens with two attached hydrogens (primary N) is 1. The maximum atomic E-state index is 11.9. The third kappa shape index (κ3) is 1.36. The van der Waals surface area contributed by atoms with E-state index >= 15 is 0 Å². The molecule has 3 heterocycles. The predicted molar refractivity (Wildman–Crippen MR) is 60.4 cm³/mol. The number of ether oxygens (including phenoxy) is 1. The second kappa shape index (κ2) is 3.93. The molecule has 1 fully saturated rings. The summed E-state index contributed by atoms with van der Waals surface area (Å²) in [4.78, 5) is 36.3. The van der Waals surface area contributed by atoms with Crippen molar-refractivity contribution in [3.8, 4) is 0 Å². The van der Waals surface area contributed by atoms with Crippen LogP contribution in [0.4, 0.5) is 9.59 Å². The van der Waals surface area contributed by atoms with Gasteiger partial charge in [-0.25, -0.2) is 14.4 Å². The Labute approximate surface area is 112 Å². The summed E-state index contributed by atoms with van der Waals surface area (Å²) in [6.45, 7) is 0.104. The van der Waals surface area contributed by atoms with Gasteiger partial charge < -0.3 is 15.4 Å². The van der Waals surface area contributed by atoms with Crippen LogP contribution in [0.1, 0.15) is 23.3 Å². The molecule has 0 radical (unpaired) electrons. The van der Waals surface area contributed by atoms with Crippen molar-refractivity contribution in [2.75, 3.05) is 13.7 Å². The van der Waals surface area contributed by atoms with Gasteiger partial charge in [0.1, 0.15) is 6.04 Å². The van der Waals surface area contributed by atoms with Gasteiger partial charge in [-0.3, -0.25) is 5.21 Å². The van der Waals surface area contributed by atoms with E-state index in [9.17, 15) is 19.6 Å². The SMILES string of the molecule is COC(=O)C1c2c(cnn2C(N)=O)C2CN1C(=O)N2O. The van der Waals surface area contributed by atoms with Gasteiger partial charge in [-0.2, -0.15) is 14.8 Å². The van der Waals surface area contributed by atoms with E-state index in [0.717, 1.165) is 16.7 Å². The lowest BCUT2D eigenvalue weighted by Crippen LogP contribution is -2.41. The highest BCUT2D eigenvalue weighted by Crippen LogP contribution is 2.43. The lowest BCUT2D eigenvalue weighted by atomic mass is 9.98. The minimum absolute atomic E-state index is 0.104. The van der Waals surface area contributed by atoms with Crippen molar-refractivity contribution in [3.63, 3.8) is 0 Å². The Morgan fingerprint density at radius 2 is 2.25 bits per heavy atom. The van der Waals surface area contributed by atoms with Crippen LogP contribution in [0.25, 0.3) is 0 Å². The van der Waals surface area contributed by atoms with Crippen LogP contribution in [0.2, 0.25) is 0 Å². The summed E-state index contributed by atoms with van der Waals surface area (Å²) in [5.41, 5.74) is 5.73. The van der Waals surface area contributed by atoms with Gasteiger partial charge in [-0.15, -0.1) is 0 Å². The first-order valence-electron chi connectivity index (χ1n) is 5.71. The van der Waals surface area contributed by atoms with E-state index < -0.39 is 30.1 Å². The van der Waals surface area contributed by atoms with E-state index in [-0.39, 0.29) is 12.2 Å². The molecule has 3 rings (SSSR count). The van der Waals surface area contributed by atoms with Gasteiger partial charge >= 0.3 is 18.0 Å². The number of esters is 1. The number of carbonyl (C=O) groups excluding carboxylic acids is 3. The maximum absolute atomic E-state index is 11.9. The number of hydrogen-bond acceptors (Lipinski definition) is 6. The van der Waals surface area contributed by atoms with Gasteiger partial charge in [0.05, 0.1) is 25.5 Å². The number of fused-ring (bicyclic) bond motifs is 4. The minimum atomic E-state index is -1.16. The number of amides is 3. The summed E-state index contributed by atoms with van der Waals surface area (Å²) < 4.78 is 5.49. The highest BCUT2D eigenvalue weighted by molar-refractivity contribution is 5.89. The van der Waals surface area contributed by atoms with Gasteiger partial charge in [-0.1, -0.05) is 0 Å². The standard InChI is InChI=1S/C10H11N5O5/c1-20-8(16)7-6-4(2-12-14(6)9(11)17)5-3-13(7)10(18)15(5)19/h2,5,7,19H,3H2,1H3,(H2,11,17). The number of nitrogens with zero attached hydrogens (tertiary/aromatic N) is 4. The Morgan fingerprint density at radius 3 is 2.85 bits per heavy atom. The normalized spacial score (nSPS) is 23.8. The molecule has 2 unspecified atom stereocenters. The van der Waals surface area contributed by atoms with Crippen LogP contribution in [0.3, 0.4) is 0 Å². The third-order valence-electron chi connectivity index (χ3n) is 3.51. The Bertz CT molecular complexity index is 626. The molecule has 1 aromatic heterocycles. The zero-order chi connectivity index (χ0) is 14.6. The fourth-order valence-electron chi connectivity index (χ4n) is 2.63. The number of primary amides is 1. The monoisotopic (exact) mass is 281 g/mol. The fraction of sp³-hybridized carbons (Fsp3) is 0.400. The molecule has 10 heteroatoms. The molecule has 3 N–H and O–H groups in total. The van der Waals surface area contributed by atoms with E-state index in [4.69, 9.17) is 5.73 Å². The number of carbonyl (C=O) groups is 3. The molecular weight excluding hydrogens is 270 g/mol. The molecular formula is C10H11N5O5. The van der Waals surface area contributed by atoms with E-state index in [1.54, 1.807) is 0 Å². The topological polar surface area (TPSA) is 131 Å². The first-order chi connectivity index (χ1) is 9.47. The quantitative estimate of drug-likeness (QED) is 0.512. The van der Waals surface area contributed by atoms with E-state index in [2.05, 4.69) is 9.84 Å². The molecule has 0 aromatic carbocycles. The molecule has 10 nitrogen and oxygen atoms in total. The van der Waals surface area contributed by atoms with Gasteiger partial charge in [0, 0.05) is 5.56 Å². The second-order valence-electron chi connectivity index (χ2n) is 4.46. The van der Waals surface area contributed by atoms with Gasteiger partial charge in [0.15, 0.2) is 6.04 Å². The van der Waals surface area contributed by atoms with Gasteiger partial charge in [0.25, 0.3) is 0 Å². The van der Waals surface area contributed by atoms with Crippen molar-refractivity contribution in [2.24, 2.45) is 5.73 Å². The highest BCUT2D eigenvalue weighted by Gasteiger charge is 2.52. The van der Waals surface area contributed by atoms with E-state index in [0.29, 0.717) is 10.6 Å². The van der Waals surface area contributed by atoms with Crippen molar-refractivity contribution in [1.82, 2.24) is 19.7 Å². The summed E-state index contributed by atoms with van der Waals surface area (Å²) in [7, 11) is 1.16. The number of aromatic nitrogens is 2. The first kappa shape index (κ1) is 12.4. The molecule has 106 valence electrons. The highest BCUT2D eigenvalue weighted by atomic mass is 16.5. The van der Waals surface area contributed by atoms with Crippen LogP contribution in [0.15, 0.2) is 6.20 Å². The average molecular weight is 281 g/mol. The van der Waals surface area contributed by atoms with Gasteiger partial charge in [0.2, 0.25) is 0 Å². The van der Waals surface area contributed by atoms with Crippen molar-refractivity contribution in [2.45, 2.75) is 12.1 Å². The van der Waals surface area contributed by atoms with E-state index in [1.165, 1.54) is 6.20 Å². The van der Waals surface area contributed by atoms with Crippen molar-refractivity contribution < 1.29 is 24.3 Å². The molecule has 20 heavy (non-hydrogen) atoms. The van der Waals surface area contributed by atoms with Crippen LogP contribution in [-0.2, 0) is 9.53 Å². The molecule has 2 bridgehead atoms. The average Bonchev–Trinajstić information content (AvgIpc) is 2.96. The first-order valence-corrected chi connectivity index (χ1v) is 5.71. The maximum Gasteiger partial charge on any atom is 0.345 e. The summed E-state index contributed by atoms with van der Waals surface area (Å²) in [5.74, 6) is -0.739. The van der Waals surface area contributed by atoms with Crippen molar-refractivity contribution >= 4 is 18.0 Å². The van der Waals surface area contributed by atoms with Gasteiger partial charge in [-0.05, 0) is 0 Å². The molecule has 1 aromatic rings. The summed E-state index contributed by atoms with van der Waals surface area (Å²) in [6, 6.07) is -3.48. The molecule has 0 aliphatic carbocycles. The Hall–Kier alpha value is -2.62. The zero-order valence-corrected chi connectivity index (χ0v) is 10.4. The minimum Gasteiger partial charge on any atom is -0.467 e. The van der Waals surface area contributed by atoms with Crippen LogP contribution in [0, 0.1) is 0 Å². The third-order valence-corrected chi connectivity index (χ3v) is 3.51. The molecule has 0 spiro atoms. The Balaban J connectivity index is 2.22. The van der Waals surface area contributed by atoms with Crippen LogP contribution < -0.4 is 5.73 Å². The van der Waals surface area contributed by atoms with E-state index in [1.807, 2.05) is 0 Å². The number of urea groups is 1. The number of hydrogen-bond donors (Lipinski definition) is 2. The summed E-state index contributed by atoms with van der Waals surface area (Å²) in [6.07, 6.45) is 1.31. The number of methoxy groups -OCH3 is 1. The molecule has 2 aliphatic heterocycles. The predicted octanol–water partition coefficient (Wildman–Crippen LogP) is -0.794. The molecule has 1 saturated heterocycles. The number of rotatable bonds is 1. The Morgan fingerprint density at radius 1 is 1.55 bits per heavy atom. The zero-order valence-electron chi connectivity index (χ0n) is 10.4. The lowest BCUT2D eigenvalue weighted by molar-refractivity contribution is -0.146. The lowest BCUT2D eigenvalue weighted by Gasteiger charge is -2.28. The van der Waals surface area contributed by atoms with Crippen molar-refractivity contribution in [1.29, 1.82) is 0 Å². The second-order valence-corrected chi connectivity index (χ2v) is 4.46. The Kier molecular flexibility index (Phi) is 2.44.